The molecule has 0 atom stereocenters. The first-order valence-corrected chi connectivity index (χ1v) is 6.58. The van der Waals surface area contributed by atoms with Crippen molar-refractivity contribution in [1.29, 1.82) is 0 Å². The lowest BCUT2D eigenvalue weighted by atomic mass is 10.2. The van der Waals surface area contributed by atoms with E-state index < -0.39 is 0 Å². The van der Waals surface area contributed by atoms with Gasteiger partial charge in [-0.05, 0) is 40.7 Å². The molecule has 0 radical (unpaired) electrons. The van der Waals surface area contributed by atoms with Crippen LogP contribution in [-0.4, -0.2) is 55.6 Å². The summed E-state index contributed by atoms with van der Waals surface area (Å²) in [6.07, 6.45) is 0. The average Bonchev–Trinajstić information content (AvgIpc) is 2.33. The van der Waals surface area contributed by atoms with Gasteiger partial charge in [-0.15, -0.1) is 0 Å². The summed E-state index contributed by atoms with van der Waals surface area (Å²) in [7, 11) is 6.84. The van der Waals surface area contributed by atoms with Gasteiger partial charge in [-0.3, -0.25) is 9.69 Å². The number of amides is 1. The third-order valence-electron chi connectivity index (χ3n) is 2.66. The predicted octanol–water partition coefficient (Wildman–Crippen LogP) is 1.68. The highest BCUT2D eigenvalue weighted by Crippen LogP contribution is 2.35. The molecule has 0 aliphatic carbocycles. The summed E-state index contributed by atoms with van der Waals surface area (Å²) in [6.45, 7) is 0.933. The Morgan fingerprint density at radius 3 is 2.53 bits per heavy atom. The number of nitrogens with zero attached hydrogens (tertiary/aromatic N) is 2. The van der Waals surface area contributed by atoms with Crippen LogP contribution in [0.15, 0.2) is 16.6 Å². The Labute approximate surface area is 121 Å². The van der Waals surface area contributed by atoms with Crippen LogP contribution in [0, 0.1) is 0 Å². The first-order valence-electron chi connectivity index (χ1n) is 5.79. The van der Waals surface area contributed by atoms with Gasteiger partial charge in [0.05, 0.1) is 18.1 Å². The molecule has 0 heterocycles. The summed E-state index contributed by atoms with van der Waals surface area (Å²) < 4.78 is 5.67. The van der Waals surface area contributed by atoms with E-state index in [0.29, 0.717) is 23.3 Å². The minimum Gasteiger partial charge on any atom is -0.503 e. The lowest BCUT2D eigenvalue weighted by Gasteiger charge is -2.19. The Bertz CT molecular complexity index is 463. The lowest BCUT2D eigenvalue weighted by molar-refractivity contribution is -0.129. The third-order valence-corrected chi connectivity index (χ3v) is 3.27. The molecule has 5 nitrogen and oxygen atoms in total. The quantitative estimate of drug-likeness (QED) is 0.892. The zero-order valence-electron chi connectivity index (χ0n) is 11.6. The van der Waals surface area contributed by atoms with E-state index in [1.165, 1.54) is 7.11 Å². The lowest BCUT2D eigenvalue weighted by Crippen LogP contribution is -2.34. The van der Waals surface area contributed by atoms with Gasteiger partial charge in [-0.1, -0.05) is 0 Å². The Hall–Kier alpha value is -1.27. The largest absolute Gasteiger partial charge is 0.503 e. The molecular formula is C13H19BrN2O3. The molecule has 0 saturated heterocycles. The summed E-state index contributed by atoms with van der Waals surface area (Å²) in [5.41, 5.74) is 0.954. The first-order chi connectivity index (χ1) is 8.85. The second kappa shape index (κ2) is 6.77. The zero-order valence-corrected chi connectivity index (χ0v) is 13.2. The molecule has 19 heavy (non-hydrogen) atoms. The number of likely N-dealkylation sites (N-methyl/N-ethyl adjacent to an activating group) is 2. The molecule has 0 saturated carbocycles. The van der Waals surface area contributed by atoms with E-state index in [4.69, 9.17) is 4.74 Å². The smallest absolute Gasteiger partial charge is 0.236 e. The van der Waals surface area contributed by atoms with Gasteiger partial charge in [0, 0.05) is 20.6 Å². The van der Waals surface area contributed by atoms with Crippen LogP contribution in [0.2, 0.25) is 0 Å². The van der Waals surface area contributed by atoms with E-state index in [1.807, 2.05) is 18.0 Å². The van der Waals surface area contributed by atoms with E-state index in [1.54, 1.807) is 25.1 Å². The normalized spacial score (nSPS) is 10.6. The molecule has 1 amide bonds. The number of hydrogen-bond acceptors (Lipinski definition) is 4. The fraction of sp³-hybridized carbons (Fsp3) is 0.462. The standard InChI is InChI=1S/C13H19BrN2O3/c1-15(2)12(17)8-16(3)7-9-5-10(14)13(18)11(6-9)19-4/h5-6,18H,7-8H2,1-4H3. The van der Waals surface area contributed by atoms with Crippen molar-refractivity contribution in [1.82, 2.24) is 9.80 Å². The summed E-state index contributed by atoms with van der Waals surface area (Å²) >= 11 is 3.28. The molecular weight excluding hydrogens is 312 g/mol. The highest BCUT2D eigenvalue weighted by molar-refractivity contribution is 9.10. The molecule has 106 valence electrons. The maximum Gasteiger partial charge on any atom is 0.236 e. The molecule has 0 aromatic heterocycles. The molecule has 1 aromatic carbocycles. The number of phenols is 1. The van der Waals surface area contributed by atoms with Gasteiger partial charge in [-0.25, -0.2) is 0 Å². The molecule has 6 heteroatoms. The number of rotatable bonds is 5. The summed E-state index contributed by atoms with van der Waals surface area (Å²) in [5.74, 6) is 0.544. The summed E-state index contributed by atoms with van der Waals surface area (Å²) in [6, 6.07) is 3.57. The van der Waals surface area contributed by atoms with E-state index in [0.717, 1.165) is 5.56 Å². The van der Waals surface area contributed by atoms with Crippen molar-refractivity contribution in [2.45, 2.75) is 6.54 Å². The van der Waals surface area contributed by atoms with Crippen molar-refractivity contribution in [3.63, 3.8) is 0 Å². The number of methoxy groups -OCH3 is 1. The molecule has 0 spiro atoms. The number of phenolic OH excluding ortho intramolecular Hbond substituents is 1. The zero-order chi connectivity index (χ0) is 14.6. The number of hydrogen-bond donors (Lipinski definition) is 1. The van der Waals surface area contributed by atoms with Crippen LogP contribution in [0.5, 0.6) is 11.5 Å². The highest BCUT2D eigenvalue weighted by atomic mass is 79.9. The molecule has 1 aromatic rings. The second-order valence-electron chi connectivity index (χ2n) is 4.59. The minimum absolute atomic E-state index is 0.0484. The van der Waals surface area contributed by atoms with Crippen molar-refractivity contribution in [2.75, 3.05) is 34.8 Å². The predicted molar refractivity (Wildman–Crippen MR) is 77.4 cm³/mol. The van der Waals surface area contributed by atoms with Crippen molar-refractivity contribution in [3.05, 3.63) is 22.2 Å². The van der Waals surface area contributed by atoms with E-state index in [-0.39, 0.29) is 11.7 Å². The van der Waals surface area contributed by atoms with E-state index in [2.05, 4.69) is 15.9 Å². The fourth-order valence-electron chi connectivity index (χ4n) is 1.61. The van der Waals surface area contributed by atoms with Crippen molar-refractivity contribution in [3.8, 4) is 11.5 Å². The van der Waals surface area contributed by atoms with Crippen LogP contribution in [-0.2, 0) is 11.3 Å². The Morgan fingerprint density at radius 2 is 2.00 bits per heavy atom. The summed E-state index contributed by atoms with van der Waals surface area (Å²) in [5, 5.41) is 9.73. The van der Waals surface area contributed by atoms with Gasteiger partial charge < -0.3 is 14.7 Å². The summed E-state index contributed by atoms with van der Waals surface area (Å²) in [4.78, 5) is 15.1. The van der Waals surface area contributed by atoms with Gasteiger partial charge in [0.2, 0.25) is 5.91 Å². The minimum atomic E-state index is 0.0484. The monoisotopic (exact) mass is 330 g/mol. The van der Waals surface area contributed by atoms with E-state index >= 15 is 0 Å². The Balaban J connectivity index is 2.77. The van der Waals surface area contributed by atoms with Crippen molar-refractivity contribution in [2.24, 2.45) is 0 Å². The first kappa shape index (κ1) is 15.8. The molecule has 0 bridgehead atoms. The third kappa shape index (κ3) is 4.40. The SMILES string of the molecule is COc1cc(CN(C)CC(=O)N(C)C)cc(Br)c1O. The Morgan fingerprint density at radius 1 is 1.37 bits per heavy atom. The van der Waals surface area contributed by atoms with Crippen LogP contribution in [0.3, 0.4) is 0 Å². The molecule has 1 rings (SSSR count). The van der Waals surface area contributed by atoms with Gasteiger partial charge in [0.15, 0.2) is 11.5 Å². The van der Waals surface area contributed by atoms with Crippen molar-refractivity contribution >= 4 is 21.8 Å². The van der Waals surface area contributed by atoms with Crippen molar-refractivity contribution < 1.29 is 14.6 Å². The van der Waals surface area contributed by atoms with E-state index in [9.17, 15) is 9.90 Å². The molecule has 0 aliphatic heterocycles. The Kier molecular flexibility index (Phi) is 5.62. The maximum atomic E-state index is 11.6. The number of halogens is 1. The highest BCUT2D eigenvalue weighted by Gasteiger charge is 2.12. The van der Waals surface area contributed by atoms with Crippen LogP contribution >= 0.6 is 15.9 Å². The molecule has 0 fully saturated rings. The number of benzene rings is 1. The second-order valence-corrected chi connectivity index (χ2v) is 5.44. The number of carbonyl (C=O) groups excluding carboxylic acids is 1. The van der Waals surface area contributed by atoms with Gasteiger partial charge in [0.25, 0.3) is 0 Å². The number of aromatic hydroxyl groups is 1. The van der Waals surface area contributed by atoms with Crippen LogP contribution in [0.25, 0.3) is 0 Å². The fourth-order valence-corrected chi connectivity index (χ4v) is 2.10. The van der Waals surface area contributed by atoms with Crippen LogP contribution in [0.1, 0.15) is 5.56 Å². The molecule has 1 N–H and O–H groups in total. The van der Waals surface area contributed by atoms with Gasteiger partial charge in [-0.2, -0.15) is 0 Å². The van der Waals surface area contributed by atoms with Crippen LogP contribution < -0.4 is 4.74 Å². The number of carbonyl (C=O) groups is 1. The number of ether oxygens (including phenoxy) is 1. The van der Waals surface area contributed by atoms with Crippen LogP contribution in [0.4, 0.5) is 0 Å². The molecule has 0 unspecified atom stereocenters. The molecule has 0 aliphatic rings. The topological polar surface area (TPSA) is 53.0 Å². The average molecular weight is 331 g/mol. The van der Waals surface area contributed by atoms with Gasteiger partial charge in [0.1, 0.15) is 0 Å². The maximum absolute atomic E-state index is 11.6. The van der Waals surface area contributed by atoms with Gasteiger partial charge >= 0.3 is 0 Å².